The van der Waals surface area contributed by atoms with Crippen molar-refractivity contribution in [2.24, 2.45) is 7.05 Å². The number of aryl methyl sites for hydroxylation is 1. The van der Waals surface area contributed by atoms with Crippen LogP contribution in [0.2, 0.25) is 0 Å². The maximum atomic E-state index is 13.2. The zero-order valence-electron chi connectivity index (χ0n) is 17.5. The molecule has 1 aromatic carbocycles. The number of anilines is 1. The van der Waals surface area contributed by atoms with Crippen LogP contribution in [-0.2, 0) is 7.05 Å². The first-order valence-electron chi connectivity index (χ1n) is 10.3. The third kappa shape index (κ3) is 3.82. The number of carbonyl (C=O) groups is 1. The van der Waals surface area contributed by atoms with Crippen molar-refractivity contribution in [1.29, 1.82) is 0 Å². The van der Waals surface area contributed by atoms with Gasteiger partial charge in [-0.15, -0.1) is 10.2 Å². The van der Waals surface area contributed by atoms with E-state index in [9.17, 15) is 9.18 Å². The second kappa shape index (κ2) is 8.22. The Morgan fingerprint density at radius 3 is 2.34 bits per heavy atom. The fourth-order valence-corrected chi connectivity index (χ4v) is 3.74. The number of hydrogen-bond donors (Lipinski definition) is 0. The summed E-state index contributed by atoms with van der Waals surface area (Å²) in [6.45, 7) is 2.45. The molecule has 1 saturated heterocycles. The van der Waals surface area contributed by atoms with Gasteiger partial charge in [0.15, 0.2) is 11.6 Å². The normalized spacial score (nSPS) is 14.1. The van der Waals surface area contributed by atoms with E-state index in [0.717, 1.165) is 11.4 Å². The van der Waals surface area contributed by atoms with Gasteiger partial charge in [0.25, 0.3) is 5.91 Å². The molecular formula is C22H21FN8O. The molecule has 5 rings (SSSR count). The van der Waals surface area contributed by atoms with Crippen LogP contribution in [0.4, 0.5) is 10.2 Å². The minimum atomic E-state index is -0.306. The van der Waals surface area contributed by atoms with Gasteiger partial charge in [-0.3, -0.25) is 9.48 Å². The molecule has 1 aliphatic rings. The highest BCUT2D eigenvalue weighted by Gasteiger charge is 2.25. The summed E-state index contributed by atoms with van der Waals surface area (Å²) in [6.07, 6.45) is 3.50. The smallest absolute Gasteiger partial charge is 0.272 e. The lowest BCUT2D eigenvalue weighted by Gasteiger charge is -2.35. The number of amides is 1. The lowest BCUT2D eigenvalue weighted by molar-refractivity contribution is 0.0735. The number of hydrogen-bond acceptors (Lipinski definition) is 6. The minimum absolute atomic E-state index is 0.0758. The molecule has 1 fully saturated rings. The molecule has 0 atom stereocenters. The molecule has 3 aromatic heterocycles. The maximum absolute atomic E-state index is 13.2. The molecular weight excluding hydrogens is 411 g/mol. The summed E-state index contributed by atoms with van der Waals surface area (Å²) in [5, 5.41) is 17.1. The summed E-state index contributed by atoms with van der Waals surface area (Å²) < 4.78 is 16.4. The molecule has 0 unspecified atom stereocenters. The molecule has 0 radical (unpaired) electrons. The van der Waals surface area contributed by atoms with E-state index < -0.39 is 0 Å². The van der Waals surface area contributed by atoms with Crippen LogP contribution < -0.4 is 4.90 Å². The average molecular weight is 432 g/mol. The van der Waals surface area contributed by atoms with E-state index in [1.54, 1.807) is 40.8 Å². The summed E-state index contributed by atoms with van der Waals surface area (Å²) in [7, 11) is 1.74. The van der Waals surface area contributed by atoms with Crippen molar-refractivity contribution in [2.45, 2.75) is 0 Å². The molecule has 0 N–H and O–H groups in total. The zero-order chi connectivity index (χ0) is 22.1. The van der Waals surface area contributed by atoms with Crippen LogP contribution in [0.25, 0.3) is 17.1 Å². The number of rotatable bonds is 4. The van der Waals surface area contributed by atoms with Gasteiger partial charge >= 0.3 is 0 Å². The standard InChI is InChI=1S/C22H21FN8O/c1-28-19(15-18(27-28)16-3-5-17(23)6-4-16)22(32)30-13-11-29(12-14-30)20-7-8-21(26-25-20)31-10-2-9-24-31/h2-10,15H,11-14H2,1H3. The van der Waals surface area contributed by atoms with Crippen molar-refractivity contribution < 1.29 is 9.18 Å². The van der Waals surface area contributed by atoms with Gasteiger partial charge in [0, 0.05) is 51.2 Å². The first-order valence-corrected chi connectivity index (χ1v) is 10.3. The summed E-state index contributed by atoms with van der Waals surface area (Å²) in [4.78, 5) is 17.0. The average Bonchev–Trinajstić information content (AvgIpc) is 3.50. The third-order valence-electron chi connectivity index (χ3n) is 5.51. The second-order valence-corrected chi connectivity index (χ2v) is 7.52. The Hall–Kier alpha value is -4.08. The zero-order valence-corrected chi connectivity index (χ0v) is 17.5. The largest absolute Gasteiger partial charge is 0.352 e. The number of piperazine rings is 1. The van der Waals surface area contributed by atoms with E-state index in [1.807, 2.05) is 29.3 Å². The van der Waals surface area contributed by atoms with Gasteiger partial charge in [0.1, 0.15) is 11.5 Å². The first kappa shape index (κ1) is 19.9. The van der Waals surface area contributed by atoms with E-state index in [-0.39, 0.29) is 11.7 Å². The van der Waals surface area contributed by atoms with Crippen LogP contribution in [-0.4, -0.2) is 66.7 Å². The predicted octanol–water partition coefficient (Wildman–Crippen LogP) is 2.16. The van der Waals surface area contributed by atoms with Gasteiger partial charge in [0.2, 0.25) is 0 Å². The fourth-order valence-electron chi connectivity index (χ4n) is 3.74. The second-order valence-electron chi connectivity index (χ2n) is 7.52. The molecule has 4 heterocycles. The predicted molar refractivity (Wildman–Crippen MR) is 116 cm³/mol. The Bertz CT molecular complexity index is 1210. The van der Waals surface area contributed by atoms with Crippen LogP contribution in [0.5, 0.6) is 0 Å². The maximum Gasteiger partial charge on any atom is 0.272 e. The van der Waals surface area contributed by atoms with Gasteiger partial charge < -0.3 is 9.80 Å². The Labute approximate surface area is 183 Å². The van der Waals surface area contributed by atoms with Gasteiger partial charge in [-0.2, -0.15) is 10.2 Å². The molecule has 0 spiro atoms. The Kier molecular flexibility index (Phi) is 5.10. The molecule has 1 amide bonds. The van der Waals surface area contributed by atoms with Crippen LogP contribution in [0.15, 0.2) is 60.9 Å². The van der Waals surface area contributed by atoms with Crippen molar-refractivity contribution >= 4 is 11.7 Å². The summed E-state index contributed by atoms with van der Waals surface area (Å²) in [6, 6.07) is 13.5. The summed E-state index contributed by atoms with van der Waals surface area (Å²) >= 11 is 0. The quantitative estimate of drug-likeness (QED) is 0.491. The number of nitrogens with zero attached hydrogens (tertiary/aromatic N) is 8. The lowest BCUT2D eigenvalue weighted by Crippen LogP contribution is -2.49. The molecule has 10 heteroatoms. The van der Waals surface area contributed by atoms with E-state index >= 15 is 0 Å². The number of benzene rings is 1. The van der Waals surface area contributed by atoms with Crippen molar-refractivity contribution in [3.63, 3.8) is 0 Å². The highest BCUT2D eigenvalue weighted by atomic mass is 19.1. The van der Waals surface area contributed by atoms with Crippen LogP contribution in [0.3, 0.4) is 0 Å². The Morgan fingerprint density at radius 1 is 0.969 bits per heavy atom. The van der Waals surface area contributed by atoms with E-state index in [4.69, 9.17) is 0 Å². The molecule has 1 aliphatic heterocycles. The summed E-state index contributed by atoms with van der Waals surface area (Å²) in [5.41, 5.74) is 1.91. The SMILES string of the molecule is Cn1nc(-c2ccc(F)cc2)cc1C(=O)N1CCN(c2ccc(-n3cccn3)nn2)CC1. The molecule has 0 saturated carbocycles. The highest BCUT2D eigenvalue weighted by molar-refractivity contribution is 5.94. The molecule has 0 aliphatic carbocycles. The monoisotopic (exact) mass is 432 g/mol. The molecule has 162 valence electrons. The summed E-state index contributed by atoms with van der Waals surface area (Å²) in [5.74, 6) is 1.04. The molecule has 9 nitrogen and oxygen atoms in total. The van der Waals surface area contributed by atoms with E-state index in [0.29, 0.717) is 43.4 Å². The first-order chi connectivity index (χ1) is 15.6. The van der Waals surface area contributed by atoms with Crippen LogP contribution >= 0.6 is 0 Å². The van der Waals surface area contributed by atoms with Crippen molar-refractivity contribution in [2.75, 3.05) is 31.1 Å². The van der Waals surface area contributed by atoms with Crippen LogP contribution in [0.1, 0.15) is 10.5 Å². The van der Waals surface area contributed by atoms with Gasteiger partial charge in [-0.05, 0) is 48.5 Å². The van der Waals surface area contributed by atoms with Crippen molar-refractivity contribution in [3.8, 4) is 17.1 Å². The fraction of sp³-hybridized carbons (Fsp3) is 0.227. The number of halogens is 1. The number of carbonyl (C=O) groups excluding carboxylic acids is 1. The number of aromatic nitrogens is 6. The van der Waals surface area contributed by atoms with Gasteiger partial charge in [0.05, 0.1) is 5.69 Å². The van der Waals surface area contributed by atoms with Crippen molar-refractivity contribution in [1.82, 2.24) is 34.7 Å². The lowest BCUT2D eigenvalue weighted by atomic mass is 10.1. The van der Waals surface area contributed by atoms with Crippen LogP contribution in [0, 0.1) is 5.82 Å². The highest BCUT2D eigenvalue weighted by Crippen LogP contribution is 2.21. The van der Waals surface area contributed by atoms with Gasteiger partial charge in [-0.25, -0.2) is 9.07 Å². The molecule has 32 heavy (non-hydrogen) atoms. The molecule has 4 aromatic rings. The Balaban J connectivity index is 1.24. The van der Waals surface area contributed by atoms with E-state index in [1.165, 1.54) is 12.1 Å². The Morgan fingerprint density at radius 2 is 1.69 bits per heavy atom. The third-order valence-corrected chi connectivity index (χ3v) is 5.51. The topological polar surface area (TPSA) is 85.0 Å². The van der Waals surface area contributed by atoms with E-state index in [2.05, 4.69) is 25.3 Å². The molecule has 0 bridgehead atoms. The van der Waals surface area contributed by atoms with Gasteiger partial charge in [-0.1, -0.05) is 0 Å². The minimum Gasteiger partial charge on any atom is -0.352 e. The van der Waals surface area contributed by atoms with Crippen molar-refractivity contribution in [3.05, 3.63) is 72.4 Å².